The van der Waals surface area contributed by atoms with Gasteiger partial charge < -0.3 is 10.2 Å². The molecule has 3 aromatic rings. The van der Waals surface area contributed by atoms with Gasteiger partial charge in [-0.25, -0.2) is 8.42 Å². The van der Waals surface area contributed by atoms with Crippen LogP contribution in [0.25, 0.3) is 0 Å². The zero-order valence-corrected chi connectivity index (χ0v) is 25.9. The number of nitrogens with one attached hydrogen (secondary N) is 1. The van der Waals surface area contributed by atoms with Crippen LogP contribution in [-0.2, 0) is 26.0 Å². The Labute approximate surface area is 254 Å². The fourth-order valence-corrected chi connectivity index (χ4v) is 7.14. The molecule has 0 spiro atoms. The molecule has 0 bridgehead atoms. The van der Waals surface area contributed by atoms with Crippen molar-refractivity contribution in [1.82, 2.24) is 10.2 Å². The van der Waals surface area contributed by atoms with Gasteiger partial charge in [0.05, 0.1) is 10.6 Å². The minimum absolute atomic E-state index is 0.0286. The number of hydrogen-bond acceptors (Lipinski definition) is 4. The Morgan fingerprint density at radius 2 is 1.57 bits per heavy atom. The number of nitrogens with zero attached hydrogens (tertiary/aromatic N) is 2. The Morgan fingerprint density at radius 1 is 0.929 bits per heavy atom. The average molecular weight is 610 g/mol. The van der Waals surface area contributed by atoms with Crippen LogP contribution in [0.15, 0.2) is 83.8 Å². The molecule has 1 N–H and O–H groups in total. The van der Waals surface area contributed by atoms with Crippen molar-refractivity contribution in [3.63, 3.8) is 0 Å². The third-order valence-electron chi connectivity index (χ3n) is 7.89. The molecule has 3 aromatic carbocycles. The van der Waals surface area contributed by atoms with E-state index in [9.17, 15) is 18.0 Å². The number of hydrogen-bond donors (Lipinski definition) is 1. The monoisotopic (exact) mass is 609 g/mol. The highest BCUT2D eigenvalue weighted by Gasteiger charge is 2.34. The van der Waals surface area contributed by atoms with Crippen molar-refractivity contribution in [3.05, 3.63) is 95.0 Å². The first-order chi connectivity index (χ1) is 20.2. The van der Waals surface area contributed by atoms with Crippen molar-refractivity contribution in [1.29, 1.82) is 0 Å². The second-order valence-electron chi connectivity index (χ2n) is 10.8. The van der Waals surface area contributed by atoms with Crippen LogP contribution in [0, 0.1) is 6.92 Å². The van der Waals surface area contributed by atoms with E-state index < -0.39 is 28.5 Å². The largest absolute Gasteiger partial charge is 0.352 e. The molecule has 9 heteroatoms. The molecule has 0 heterocycles. The summed E-state index contributed by atoms with van der Waals surface area (Å²) in [6.07, 6.45) is 6.13. The SMILES string of the molecule is CC[C@@H](C(=O)NC1CCCCC1)N(CCc1ccccc1)C(=O)CN(c1ccccc1C)S(=O)(=O)c1ccc(Cl)cc1. The highest BCUT2D eigenvalue weighted by molar-refractivity contribution is 7.92. The maximum Gasteiger partial charge on any atom is 0.264 e. The molecule has 0 radical (unpaired) electrons. The third-order valence-corrected chi connectivity index (χ3v) is 9.91. The first kappa shape index (κ1) is 31.6. The highest BCUT2D eigenvalue weighted by atomic mass is 35.5. The molecule has 7 nitrogen and oxygen atoms in total. The fourth-order valence-electron chi connectivity index (χ4n) is 5.53. The minimum atomic E-state index is -4.14. The smallest absolute Gasteiger partial charge is 0.264 e. The summed E-state index contributed by atoms with van der Waals surface area (Å²) in [6.45, 7) is 3.53. The Morgan fingerprint density at radius 3 is 2.21 bits per heavy atom. The van der Waals surface area contributed by atoms with E-state index in [1.54, 1.807) is 17.0 Å². The van der Waals surface area contributed by atoms with Gasteiger partial charge >= 0.3 is 0 Å². The number of sulfonamides is 1. The van der Waals surface area contributed by atoms with E-state index in [2.05, 4.69) is 5.32 Å². The van der Waals surface area contributed by atoms with Crippen molar-refractivity contribution >= 4 is 39.1 Å². The lowest BCUT2D eigenvalue weighted by atomic mass is 9.95. The van der Waals surface area contributed by atoms with Crippen LogP contribution in [-0.4, -0.2) is 50.3 Å². The molecule has 0 aromatic heterocycles. The number of rotatable bonds is 12. The molecule has 224 valence electrons. The topological polar surface area (TPSA) is 86.8 Å². The molecule has 1 fully saturated rings. The summed E-state index contributed by atoms with van der Waals surface area (Å²) < 4.78 is 29.2. The van der Waals surface area contributed by atoms with Gasteiger partial charge in [0, 0.05) is 17.6 Å². The number of carbonyl (C=O) groups excluding carboxylic acids is 2. The summed E-state index contributed by atoms with van der Waals surface area (Å²) in [7, 11) is -4.14. The lowest BCUT2D eigenvalue weighted by Crippen LogP contribution is -2.54. The number of benzene rings is 3. The van der Waals surface area contributed by atoms with Crippen LogP contribution in [0.4, 0.5) is 5.69 Å². The van der Waals surface area contributed by atoms with Crippen LogP contribution in [0.3, 0.4) is 0 Å². The maximum atomic E-state index is 14.2. The van der Waals surface area contributed by atoms with Gasteiger partial charge in [-0.15, -0.1) is 0 Å². The molecule has 0 unspecified atom stereocenters. The molecule has 4 rings (SSSR count). The van der Waals surface area contributed by atoms with Gasteiger partial charge in [0.25, 0.3) is 10.0 Å². The number of amides is 2. The van der Waals surface area contributed by atoms with Crippen molar-refractivity contribution in [3.8, 4) is 0 Å². The van der Waals surface area contributed by atoms with Crippen LogP contribution < -0.4 is 9.62 Å². The van der Waals surface area contributed by atoms with Crippen molar-refractivity contribution in [2.75, 3.05) is 17.4 Å². The molecular weight excluding hydrogens is 570 g/mol. The number of para-hydroxylation sites is 1. The Kier molecular flexibility index (Phi) is 11.0. The molecule has 0 saturated heterocycles. The minimum Gasteiger partial charge on any atom is -0.352 e. The summed E-state index contributed by atoms with van der Waals surface area (Å²) in [5.41, 5.74) is 2.15. The first-order valence-corrected chi connectivity index (χ1v) is 16.5. The van der Waals surface area contributed by atoms with Crippen LogP contribution in [0.1, 0.15) is 56.6 Å². The van der Waals surface area contributed by atoms with E-state index in [0.29, 0.717) is 29.1 Å². The number of halogens is 1. The van der Waals surface area contributed by atoms with Crippen LogP contribution in [0.5, 0.6) is 0 Å². The average Bonchev–Trinajstić information content (AvgIpc) is 2.99. The zero-order chi connectivity index (χ0) is 30.1. The van der Waals surface area contributed by atoms with Gasteiger partial charge in [0.15, 0.2) is 0 Å². The van der Waals surface area contributed by atoms with Gasteiger partial charge in [-0.05, 0) is 74.1 Å². The zero-order valence-electron chi connectivity index (χ0n) is 24.3. The van der Waals surface area contributed by atoms with E-state index in [1.165, 1.54) is 30.7 Å². The van der Waals surface area contributed by atoms with Gasteiger partial charge in [0.1, 0.15) is 12.6 Å². The molecule has 0 aliphatic heterocycles. The van der Waals surface area contributed by atoms with Crippen LogP contribution in [0.2, 0.25) is 5.02 Å². The lowest BCUT2D eigenvalue weighted by Gasteiger charge is -2.34. The van der Waals surface area contributed by atoms with Crippen molar-refractivity contribution in [2.24, 2.45) is 0 Å². The lowest BCUT2D eigenvalue weighted by molar-refractivity contribution is -0.140. The molecule has 1 atom stereocenters. The third kappa shape index (κ3) is 7.92. The predicted octanol–water partition coefficient (Wildman–Crippen LogP) is 6.14. The van der Waals surface area contributed by atoms with Crippen molar-refractivity contribution in [2.45, 2.75) is 75.8 Å². The highest BCUT2D eigenvalue weighted by Crippen LogP contribution is 2.28. The summed E-state index contributed by atoms with van der Waals surface area (Å²) in [5.74, 6) is -0.619. The standard InChI is InChI=1S/C33H40ClN3O4S/c1-3-30(33(39)35-28-15-8-5-9-16-28)36(23-22-26-13-6-4-7-14-26)32(38)24-37(31-17-11-10-12-25(31)2)42(40,41)29-20-18-27(34)19-21-29/h4,6-7,10-14,17-21,28,30H,3,5,8-9,15-16,22-24H2,1-2H3,(H,35,39)/t30-/m0/s1. The molecule has 1 saturated carbocycles. The van der Waals surface area contributed by atoms with Crippen LogP contribution >= 0.6 is 11.6 Å². The van der Waals surface area contributed by atoms with Gasteiger partial charge in [0.2, 0.25) is 11.8 Å². The van der Waals surface area contributed by atoms with E-state index in [0.717, 1.165) is 35.6 Å². The number of anilines is 1. The summed E-state index contributed by atoms with van der Waals surface area (Å²) >= 11 is 6.04. The molecule has 42 heavy (non-hydrogen) atoms. The number of aryl methyl sites for hydroxylation is 1. The van der Waals surface area contributed by atoms with E-state index in [4.69, 9.17) is 11.6 Å². The van der Waals surface area contributed by atoms with Gasteiger partial charge in [-0.3, -0.25) is 13.9 Å². The predicted molar refractivity (Wildman–Crippen MR) is 168 cm³/mol. The quantitative estimate of drug-likeness (QED) is 0.267. The second-order valence-corrected chi connectivity index (χ2v) is 13.1. The molecule has 2 amide bonds. The molecule has 1 aliphatic rings. The Hall–Kier alpha value is -3.36. The first-order valence-electron chi connectivity index (χ1n) is 14.7. The number of carbonyl (C=O) groups is 2. The van der Waals surface area contributed by atoms with E-state index >= 15 is 0 Å². The van der Waals surface area contributed by atoms with E-state index in [1.807, 2.05) is 56.3 Å². The summed E-state index contributed by atoms with van der Waals surface area (Å²) in [4.78, 5) is 29.4. The maximum absolute atomic E-state index is 14.2. The summed E-state index contributed by atoms with van der Waals surface area (Å²) in [6, 6.07) is 22.1. The van der Waals surface area contributed by atoms with Gasteiger partial charge in [-0.1, -0.05) is 86.3 Å². The Balaban J connectivity index is 1.67. The second kappa shape index (κ2) is 14.7. The normalized spacial score (nSPS) is 14.6. The van der Waals surface area contributed by atoms with Crippen molar-refractivity contribution < 1.29 is 18.0 Å². The summed E-state index contributed by atoms with van der Waals surface area (Å²) in [5, 5.41) is 3.59. The Bertz CT molecular complexity index is 1440. The molecule has 1 aliphatic carbocycles. The van der Waals surface area contributed by atoms with Gasteiger partial charge in [-0.2, -0.15) is 0 Å². The molecular formula is C33H40ClN3O4S. The fraction of sp³-hybridized carbons (Fsp3) is 0.394. The van der Waals surface area contributed by atoms with E-state index in [-0.39, 0.29) is 23.4 Å².